The number of hydrogen-bond donors (Lipinski definition) is 1. The van der Waals surface area contributed by atoms with Gasteiger partial charge in [-0.25, -0.2) is 4.79 Å². The van der Waals surface area contributed by atoms with Crippen LogP contribution in [0.3, 0.4) is 0 Å². The lowest BCUT2D eigenvalue weighted by Gasteiger charge is -2.13. The molecule has 0 radical (unpaired) electrons. The Morgan fingerprint density at radius 1 is 1.55 bits per heavy atom. The molecule has 2 rings (SSSR count). The Morgan fingerprint density at radius 3 is 2.85 bits per heavy atom. The Hall–Kier alpha value is -2.61. The number of nitrogens with zero attached hydrogens (tertiary/aromatic N) is 1. The van der Waals surface area contributed by atoms with Crippen molar-refractivity contribution in [3.05, 3.63) is 40.0 Å². The van der Waals surface area contributed by atoms with E-state index in [1.54, 1.807) is 0 Å². The molecule has 1 heterocycles. The second-order valence-electron chi connectivity index (χ2n) is 3.91. The van der Waals surface area contributed by atoms with Gasteiger partial charge in [-0.05, 0) is 12.1 Å². The molecular formula is C12H11NO7. The summed E-state index contributed by atoms with van der Waals surface area (Å²) in [5, 5.41) is 21.2. The third-order valence-corrected chi connectivity index (χ3v) is 2.80. The molecule has 0 saturated heterocycles. The van der Waals surface area contributed by atoms with Crippen molar-refractivity contribution in [1.82, 2.24) is 0 Å². The molecule has 1 atom stereocenters. The Labute approximate surface area is 113 Å². The number of carbonyl (C=O) groups is 1. The van der Waals surface area contributed by atoms with E-state index in [-0.39, 0.29) is 29.4 Å². The van der Waals surface area contributed by atoms with E-state index in [1.807, 2.05) is 0 Å². The largest absolute Gasteiger partial charge is 0.466 e. The van der Waals surface area contributed by atoms with Gasteiger partial charge in [-0.3, -0.25) is 10.1 Å². The van der Waals surface area contributed by atoms with E-state index >= 15 is 0 Å². The summed E-state index contributed by atoms with van der Waals surface area (Å²) < 4.78 is 14.5. The summed E-state index contributed by atoms with van der Waals surface area (Å²) in [5.74, 6) is -0.731. The van der Waals surface area contributed by atoms with E-state index in [4.69, 9.17) is 9.47 Å². The molecule has 0 bridgehead atoms. The Morgan fingerprint density at radius 2 is 2.25 bits per heavy atom. The van der Waals surface area contributed by atoms with Gasteiger partial charge in [0.1, 0.15) is 6.10 Å². The predicted octanol–water partition coefficient (Wildman–Crippen LogP) is 1.09. The van der Waals surface area contributed by atoms with Gasteiger partial charge in [-0.15, -0.1) is 0 Å². The van der Waals surface area contributed by atoms with Crippen molar-refractivity contribution in [2.24, 2.45) is 0 Å². The fraction of sp³-hybridized carbons (Fsp3) is 0.250. The third-order valence-electron chi connectivity index (χ3n) is 2.80. The smallest absolute Gasteiger partial charge is 0.336 e. The van der Waals surface area contributed by atoms with Gasteiger partial charge >= 0.3 is 11.7 Å². The standard InChI is InChI=1S/C12H11NO7/c1-6(12(15)18-2)10(14)7-3-4-8-11(20-5-19-8)9(7)13(16)17/h3-4,10,14H,1,5H2,2H3. The highest BCUT2D eigenvalue weighted by Crippen LogP contribution is 2.45. The van der Waals surface area contributed by atoms with Crippen molar-refractivity contribution >= 4 is 11.7 Å². The van der Waals surface area contributed by atoms with Crippen molar-refractivity contribution < 1.29 is 29.0 Å². The van der Waals surface area contributed by atoms with Gasteiger partial charge in [-0.1, -0.05) is 6.58 Å². The van der Waals surface area contributed by atoms with E-state index < -0.39 is 22.7 Å². The maximum absolute atomic E-state index is 11.3. The first-order valence-electron chi connectivity index (χ1n) is 5.49. The van der Waals surface area contributed by atoms with Crippen LogP contribution in [0.1, 0.15) is 11.7 Å². The summed E-state index contributed by atoms with van der Waals surface area (Å²) in [6.07, 6.45) is -1.57. The highest BCUT2D eigenvalue weighted by Gasteiger charge is 2.34. The zero-order chi connectivity index (χ0) is 14.9. The van der Waals surface area contributed by atoms with Gasteiger partial charge in [0.05, 0.1) is 23.2 Å². The maximum atomic E-state index is 11.3. The fourth-order valence-electron chi connectivity index (χ4n) is 1.81. The third kappa shape index (κ3) is 2.16. The number of fused-ring (bicyclic) bond motifs is 1. The number of ether oxygens (including phenoxy) is 3. The summed E-state index contributed by atoms with van der Waals surface area (Å²) >= 11 is 0. The summed E-state index contributed by atoms with van der Waals surface area (Å²) in [4.78, 5) is 21.8. The van der Waals surface area contributed by atoms with E-state index in [0.29, 0.717) is 0 Å². The highest BCUT2D eigenvalue weighted by atomic mass is 16.7. The van der Waals surface area contributed by atoms with Crippen molar-refractivity contribution in [2.45, 2.75) is 6.10 Å². The van der Waals surface area contributed by atoms with Crippen molar-refractivity contribution in [3.63, 3.8) is 0 Å². The van der Waals surface area contributed by atoms with Gasteiger partial charge in [0, 0.05) is 0 Å². The van der Waals surface area contributed by atoms with Gasteiger partial charge in [0.2, 0.25) is 12.5 Å². The van der Waals surface area contributed by atoms with Gasteiger partial charge in [0.25, 0.3) is 0 Å². The minimum atomic E-state index is -1.57. The topological polar surface area (TPSA) is 108 Å². The molecule has 20 heavy (non-hydrogen) atoms. The highest BCUT2D eigenvalue weighted by molar-refractivity contribution is 5.89. The summed E-state index contributed by atoms with van der Waals surface area (Å²) in [7, 11) is 1.12. The molecule has 1 aromatic rings. The molecule has 1 aromatic carbocycles. The number of carbonyl (C=O) groups excluding carboxylic acids is 1. The molecule has 1 N–H and O–H groups in total. The number of aliphatic hydroxyl groups is 1. The minimum Gasteiger partial charge on any atom is -0.466 e. The molecule has 8 nitrogen and oxygen atoms in total. The second-order valence-corrected chi connectivity index (χ2v) is 3.91. The van der Waals surface area contributed by atoms with E-state index in [1.165, 1.54) is 12.1 Å². The molecule has 106 valence electrons. The molecule has 1 aliphatic heterocycles. The molecule has 0 aliphatic carbocycles. The average Bonchev–Trinajstić information content (AvgIpc) is 2.91. The number of hydrogen-bond acceptors (Lipinski definition) is 7. The van der Waals surface area contributed by atoms with Crippen molar-refractivity contribution in [3.8, 4) is 11.5 Å². The molecule has 0 amide bonds. The quantitative estimate of drug-likeness (QED) is 0.381. The van der Waals surface area contributed by atoms with Crippen LogP contribution in [0.4, 0.5) is 5.69 Å². The lowest BCUT2D eigenvalue weighted by atomic mass is 10.00. The Balaban J connectivity index is 2.49. The first-order chi connectivity index (χ1) is 9.47. The van der Waals surface area contributed by atoms with E-state index in [2.05, 4.69) is 11.3 Å². The average molecular weight is 281 g/mol. The van der Waals surface area contributed by atoms with Crippen LogP contribution in [-0.2, 0) is 9.53 Å². The van der Waals surface area contributed by atoms with Crippen LogP contribution in [0.15, 0.2) is 24.3 Å². The molecule has 1 unspecified atom stereocenters. The molecule has 0 spiro atoms. The predicted molar refractivity (Wildman–Crippen MR) is 65.3 cm³/mol. The van der Waals surface area contributed by atoms with E-state index in [9.17, 15) is 20.0 Å². The van der Waals surface area contributed by atoms with Gasteiger partial charge in [0.15, 0.2) is 5.75 Å². The number of methoxy groups -OCH3 is 1. The zero-order valence-electron chi connectivity index (χ0n) is 10.5. The van der Waals surface area contributed by atoms with Crippen LogP contribution in [0.25, 0.3) is 0 Å². The molecule has 0 aromatic heterocycles. The van der Waals surface area contributed by atoms with Crippen molar-refractivity contribution in [2.75, 3.05) is 13.9 Å². The number of nitro benzene ring substituents is 1. The zero-order valence-corrected chi connectivity index (χ0v) is 10.5. The lowest BCUT2D eigenvalue weighted by Crippen LogP contribution is -2.13. The first-order valence-corrected chi connectivity index (χ1v) is 5.49. The minimum absolute atomic E-state index is 0.0794. The van der Waals surface area contributed by atoms with Crippen LogP contribution in [0.5, 0.6) is 11.5 Å². The monoisotopic (exact) mass is 281 g/mol. The van der Waals surface area contributed by atoms with Crippen LogP contribution in [0, 0.1) is 10.1 Å². The summed E-state index contributed by atoms with van der Waals surface area (Å²) in [6, 6.07) is 2.70. The van der Waals surface area contributed by atoms with Crippen LogP contribution >= 0.6 is 0 Å². The number of aliphatic hydroxyl groups excluding tert-OH is 1. The Bertz CT molecular complexity index is 596. The maximum Gasteiger partial charge on any atom is 0.336 e. The normalized spacial score (nSPS) is 13.7. The van der Waals surface area contributed by atoms with Gasteiger partial charge in [-0.2, -0.15) is 0 Å². The lowest BCUT2D eigenvalue weighted by molar-refractivity contribution is -0.386. The van der Waals surface area contributed by atoms with Crippen LogP contribution in [-0.4, -0.2) is 29.9 Å². The molecule has 0 saturated carbocycles. The van der Waals surface area contributed by atoms with E-state index in [0.717, 1.165) is 7.11 Å². The molecule has 1 aliphatic rings. The molecular weight excluding hydrogens is 270 g/mol. The van der Waals surface area contributed by atoms with Crippen molar-refractivity contribution in [1.29, 1.82) is 0 Å². The SMILES string of the molecule is C=C(C(=O)OC)C(O)c1ccc2c(c1[N+](=O)[O-])OCO2. The van der Waals surface area contributed by atoms with Gasteiger partial charge < -0.3 is 19.3 Å². The Kier molecular flexibility index (Phi) is 3.57. The number of benzene rings is 1. The summed E-state index contributed by atoms with van der Waals surface area (Å²) in [6.45, 7) is 3.23. The number of esters is 1. The first kappa shape index (κ1) is 13.8. The molecule has 0 fully saturated rings. The van der Waals surface area contributed by atoms with Crippen LogP contribution < -0.4 is 9.47 Å². The fourth-order valence-corrected chi connectivity index (χ4v) is 1.81. The number of nitro groups is 1. The number of rotatable bonds is 4. The second kappa shape index (κ2) is 5.17. The van der Waals surface area contributed by atoms with Crippen LogP contribution in [0.2, 0.25) is 0 Å². The molecule has 8 heteroatoms. The summed E-state index contributed by atoms with van der Waals surface area (Å²) in [5.41, 5.74) is -0.887.